The largest absolute Gasteiger partial charge is 0.324 e. The SMILES string of the molecule is CCN(CC)Cc1ccc(Nc2nnc(C)c(=O)[nH]2)cc1. The highest BCUT2D eigenvalue weighted by molar-refractivity contribution is 5.53. The Morgan fingerprint density at radius 2 is 1.81 bits per heavy atom. The van der Waals surface area contributed by atoms with Crippen LogP contribution in [-0.4, -0.2) is 33.2 Å². The summed E-state index contributed by atoms with van der Waals surface area (Å²) in [5.41, 5.74) is 2.25. The van der Waals surface area contributed by atoms with Crippen molar-refractivity contribution in [1.82, 2.24) is 20.1 Å². The van der Waals surface area contributed by atoms with Crippen LogP contribution in [0.5, 0.6) is 0 Å². The molecule has 1 aromatic heterocycles. The van der Waals surface area contributed by atoms with Crippen LogP contribution < -0.4 is 10.9 Å². The second-order valence-corrected chi connectivity index (χ2v) is 4.87. The van der Waals surface area contributed by atoms with E-state index < -0.39 is 0 Å². The van der Waals surface area contributed by atoms with E-state index in [0.717, 1.165) is 25.3 Å². The first kappa shape index (κ1) is 15.2. The van der Waals surface area contributed by atoms with Crippen molar-refractivity contribution in [1.29, 1.82) is 0 Å². The summed E-state index contributed by atoms with van der Waals surface area (Å²) in [6, 6.07) is 8.08. The fourth-order valence-electron chi connectivity index (χ4n) is 1.99. The van der Waals surface area contributed by atoms with Crippen molar-refractivity contribution in [3.8, 4) is 0 Å². The minimum atomic E-state index is -0.231. The number of aryl methyl sites for hydroxylation is 1. The highest BCUT2D eigenvalue weighted by Gasteiger charge is 2.03. The van der Waals surface area contributed by atoms with E-state index in [-0.39, 0.29) is 5.56 Å². The van der Waals surface area contributed by atoms with Gasteiger partial charge in [0.05, 0.1) is 0 Å². The summed E-state index contributed by atoms with van der Waals surface area (Å²) in [7, 11) is 0. The third-order valence-electron chi connectivity index (χ3n) is 3.38. The van der Waals surface area contributed by atoms with Crippen molar-refractivity contribution in [3.05, 3.63) is 45.9 Å². The number of aromatic nitrogens is 3. The van der Waals surface area contributed by atoms with E-state index in [2.05, 4.69) is 51.4 Å². The van der Waals surface area contributed by atoms with Crippen molar-refractivity contribution in [2.45, 2.75) is 27.3 Å². The fourth-order valence-corrected chi connectivity index (χ4v) is 1.99. The van der Waals surface area contributed by atoms with Gasteiger partial charge in [-0.05, 0) is 37.7 Å². The lowest BCUT2D eigenvalue weighted by Gasteiger charge is -2.18. The number of rotatable bonds is 6. The van der Waals surface area contributed by atoms with Crippen molar-refractivity contribution in [2.24, 2.45) is 0 Å². The number of benzene rings is 1. The molecule has 0 radical (unpaired) electrons. The molecule has 0 aliphatic rings. The van der Waals surface area contributed by atoms with E-state index in [1.165, 1.54) is 5.56 Å². The van der Waals surface area contributed by atoms with E-state index in [9.17, 15) is 4.79 Å². The summed E-state index contributed by atoms with van der Waals surface area (Å²) in [5.74, 6) is 0.349. The molecule has 21 heavy (non-hydrogen) atoms. The van der Waals surface area contributed by atoms with Gasteiger partial charge in [0.25, 0.3) is 5.56 Å². The molecule has 1 aromatic carbocycles. The fraction of sp³-hybridized carbons (Fsp3) is 0.400. The summed E-state index contributed by atoms with van der Waals surface area (Å²) in [6.45, 7) is 8.96. The molecule has 1 heterocycles. The molecule has 0 spiro atoms. The number of hydrogen-bond donors (Lipinski definition) is 2. The highest BCUT2D eigenvalue weighted by atomic mass is 16.1. The highest BCUT2D eigenvalue weighted by Crippen LogP contribution is 2.14. The summed E-state index contributed by atoms with van der Waals surface area (Å²) in [6.07, 6.45) is 0. The molecule has 6 heteroatoms. The molecular weight excluding hydrogens is 266 g/mol. The van der Waals surface area contributed by atoms with E-state index in [4.69, 9.17) is 0 Å². The maximum absolute atomic E-state index is 11.5. The van der Waals surface area contributed by atoms with Crippen LogP contribution in [0.4, 0.5) is 11.6 Å². The first-order chi connectivity index (χ1) is 10.1. The van der Waals surface area contributed by atoms with Gasteiger partial charge < -0.3 is 5.32 Å². The quantitative estimate of drug-likeness (QED) is 0.850. The Balaban J connectivity index is 2.05. The summed E-state index contributed by atoms with van der Waals surface area (Å²) >= 11 is 0. The third-order valence-corrected chi connectivity index (χ3v) is 3.38. The van der Waals surface area contributed by atoms with Crippen LogP contribution in [-0.2, 0) is 6.54 Å². The molecule has 2 N–H and O–H groups in total. The van der Waals surface area contributed by atoms with Crippen molar-refractivity contribution in [3.63, 3.8) is 0 Å². The third kappa shape index (κ3) is 4.13. The molecule has 0 aliphatic heterocycles. The minimum absolute atomic E-state index is 0.231. The molecule has 2 rings (SSSR count). The topological polar surface area (TPSA) is 73.9 Å². The zero-order valence-corrected chi connectivity index (χ0v) is 12.7. The first-order valence-corrected chi connectivity index (χ1v) is 7.14. The summed E-state index contributed by atoms with van der Waals surface area (Å²) in [5, 5.41) is 10.7. The van der Waals surface area contributed by atoms with Gasteiger partial charge in [-0.15, -0.1) is 10.2 Å². The molecular formula is C15H21N5O. The standard InChI is InChI=1S/C15H21N5O/c1-4-20(5-2)10-12-6-8-13(9-7-12)16-15-17-14(21)11(3)18-19-15/h6-9H,4-5,10H2,1-3H3,(H2,16,17,19,21). The lowest BCUT2D eigenvalue weighted by Crippen LogP contribution is -2.22. The average Bonchev–Trinajstić information content (AvgIpc) is 2.50. The Kier molecular flexibility index (Phi) is 5.05. The molecule has 0 saturated heterocycles. The molecule has 6 nitrogen and oxygen atoms in total. The lowest BCUT2D eigenvalue weighted by molar-refractivity contribution is 0.296. The molecule has 0 bridgehead atoms. The normalized spacial score (nSPS) is 10.9. The van der Waals surface area contributed by atoms with Gasteiger partial charge in [-0.2, -0.15) is 0 Å². The monoisotopic (exact) mass is 287 g/mol. The Hall–Kier alpha value is -2.21. The Morgan fingerprint density at radius 3 is 2.38 bits per heavy atom. The maximum Gasteiger partial charge on any atom is 0.273 e. The Morgan fingerprint density at radius 1 is 1.14 bits per heavy atom. The van der Waals surface area contributed by atoms with Gasteiger partial charge in [-0.1, -0.05) is 26.0 Å². The number of nitrogens with zero attached hydrogens (tertiary/aromatic N) is 3. The van der Waals surface area contributed by atoms with Gasteiger partial charge in [0.15, 0.2) is 0 Å². The van der Waals surface area contributed by atoms with Gasteiger partial charge in [-0.25, -0.2) is 0 Å². The Bertz CT molecular complexity index is 631. The number of hydrogen-bond acceptors (Lipinski definition) is 5. The van der Waals surface area contributed by atoms with Gasteiger partial charge >= 0.3 is 0 Å². The predicted octanol–water partition coefficient (Wildman–Crippen LogP) is 2.06. The van der Waals surface area contributed by atoms with E-state index >= 15 is 0 Å². The van der Waals surface area contributed by atoms with E-state index in [0.29, 0.717) is 11.6 Å². The zero-order valence-electron chi connectivity index (χ0n) is 12.7. The van der Waals surface area contributed by atoms with E-state index in [1.807, 2.05) is 12.1 Å². The molecule has 0 unspecified atom stereocenters. The van der Waals surface area contributed by atoms with Gasteiger partial charge in [0.1, 0.15) is 5.69 Å². The van der Waals surface area contributed by atoms with Crippen LogP contribution in [0.3, 0.4) is 0 Å². The van der Waals surface area contributed by atoms with Crippen molar-refractivity contribution < 1.29 is 0 Å². The molecule has 0 atom stereocenters. The second-order valence-electron chi connectivity index (χ2n) is 4.87. The molecule has 0 saturated carbocycles. The van der Waals surface area contributed by atoms with Crippen LogP contribution in [0.25, 0.3) is 0 Å². The van der Waals surface area contributed by atoms with Crippen LogP contribution in [0.15, 0.2) is 29.1 Å². The molecule has 0 amide bonds. The summed E-state index contributed by atoms with van der Waals surface area (Å²) < 4.78 is 0. The molecule has 0 fully saturated rings. The van der Waals surface area contributed by atoms with Gasteiger partial charge in [0.2, 0.25) is 5.95 Å². The molecule has 0 aliphatic carbocycles. The lowest BCUT2D eigenvalue weighted by atomic mass is 10.2. The Labute approximate surface area is 124 Å². The smallest absolute Gasteiger partial charge is 0.273 e. The van der Waals surface area contributed by atoms with Crippen molar-refractivity contribution in [2.75, 3.05) is 18.4 Å². The predicted molar refractivity (Wildman–Crippen MR) is 83.7 cm³/mol. The average molecular weight is 287 g/mol. The van der Waals surface area contributed by atoms with Crippen LogP contribution in [0.2, 0.25) is 0 Å². The summed E-state index contributed by atoms with van der Waals surface area (Å²) in [4.78, 5) is 16.5. The maximum atomic E-state index is 11.5. The zero-order chi connectivity index (χ0) is 15.2. The number of H-pyrrole nitrogens is 1. The van der Waals surface area contributed by atoms with Gasteiger partial charge in [-0.3, -0.25) is 14.7 Å². The van der Waals surface area contributed by atoms with Crippen LogP contribution in [0.1, 0.15) is 25.1 Å². The van der Waals surface area contributed by atoms with Crippen LogP contribution >= 0.6 is 0 Å². The number of aromatic amines is 1. The van der Waals surface area contributed by atoms with E-state index in [1.54, 1.807) is 6.92 Å². The number of anilines is 2. The van der Waals surface area contributed by atoms with Gasteiger partial charge in [0, 0.05) is 12.2 Å². The second kappa shape index (κ2) is 6.99. The molecule has 2 aromatic rings. The minimum Gasteiger partial charge on any atom is -0.324 e. The molecule has 112 valence electrons. The first-order valence-electron chi connectivity index (χ1n) is 7.14. The number of nitrogens with one attached hydrogen (secondary N) is 2. The van der Waals surface area contributed by atoms with Crippen LogP contribution in [0, 0.1) is 6.92 Å². The van der Waals surface area contributed by atoms with Crippen molar-refractivity contribution >= 4 is 11.6 Å².